The molecule has 19 heavy (non-hydrogen) atoms. The van der Waals surface area contributed by atoms with Crippen LogP contribution in [0.1, 0.15) is 0 Å². The highest BCUT2D eigenvalue weighted by Crippen LogP contribution is 2.35. The van der Waals surface area contributed by atoms with Crippen molar-refractivity contribution in [3.63, 3.8) is 0 Å². The summed E-state index contributed by atoms with van der Waals surface area (Å²) in [4.78, 5) is 7.34. The average molecular weight is 249 g/mol. The summed E-state index contributed by atoms with van der Waals surface area (Å²) in [6.45, 7) is 0. The third-order valence-electron chi connectivity index (χ3n) is 3.31. The maximum atomic E-state index is 6.01. The zero-order chi connectivity index (χ0) is 12.8. The number of fused-ring (bicyclic) bond motifs is 2. The minimum Gasteiger partial charge on any atom is -0.456 e. The van der Waals surface area contributed by atoms with Crippen LogP contribution in [0.15, 0.2) is 53.2 Å². The van der Waals surface area contributed by atoms with Crippen LogP contribution in [-0.2, 0) is 0 Å². The Hall–Kier alpha value is -2.75. The molecule has 0 saturated carbocycles. The molecular formula is C15H11N3O. The fourth-order valence-corrected chi connectivity index (χ4v) is 2.41. The van der Waals surface area contributed by atoms with Crippen molar-refractivity contribution in [1.82, 2.24) is 9.97 Å². The van der Waals surface area contributed by atoms with Crippen LogP contribution >= 0.6 is 0 Å². The van der Waals surface area contributed by atoms with Gasteiger partial charge in [0.2, 0.25) is 0 Å². The predicted octanol–water partition coefficient (Wildman–Crippen LogP) is 3.56. The second-order valence-corrected chi connectivity index (χ2v) is 4.47. The molecular weight excluding hydrogens is 238 g/mol. The number of H-pyrrole nitrogens is 1. The SMILES string of the molecule is Nc1ncc2[nH]ccc2c1-c1cc2ccccc2o1. The van der Waals surface area contributed by atoms with Crippen molar-refractivity contribution in [2.75, 3.05) is 5.73 Å². The number of benzene rings is 1. The quantitative estimate of drug-likeness (QED) is 0.542. The van der Waals surface area contributed by atoms with Crippen molar-refractivity contribution in [2.24, 2.45) is 0 Å². The topological polar surface area (TPSA) is 67.8 Å². The number of hydrogen-bond donors (Lipinski definition) is 2. The van der Waals surface area contributed by atoms with Gasteiger partial charge in [-0.25, -0.2) is 4.98 Å². The molecule has 0 saturated heterocycles. The van der Waals surface area contributed by atoms with E-state index in [2.05, 4.69) is 9.97 Å². The van der Waals surface area contributed by atoms with Crippen LogP contribution in [-0.4, -0.2) is 9.97 Å². The molecule has 0 spiro atoms. The Labute approximate surface area is 108 Å². The van der Waals surface area contributed by atoms with E-state index in [4.69, 9.17) is 10.2 Å². The molecule has 4 rings (SSSR count). The summed E-state index contributed by atoms with van der Waals surface area (Å²) in [7, 11) is 0. The highest BCUT2D eigenvalue weighted by Gasteiger charge is 2.14. The van der Waals surface area contributed by atoms with Crippen molar-refractivity contribution < 1.29 is 4.42 Å². The number of pyridine rings is 1. The second-order valence-electron chi connectivity index (χ2n) is 4.47. The van der Waals surface area contributed by atoms with E-state index in [0.717, 1.165) is 33.2 Å². The smallest absolute Gasteiger partial charge is 0.139 e. The molecule has 0 fully saturated rings. The lowest BCUT2D eigenvalue weighted by atomic mass is 10.1. The zero-order valence-corrected chi connectivity index (χ0v) is 10.1. The van der Waals surface area contributed by atoms with Crippen molar-refractivity contribution in [3.05, 3.63) is 48.8 Å². The van der Waals surface area contributed by atoms with Crippen LogP contribution in [0.3, 0.4) is 0 Å². The van der Waals surface area contributed by atoms with E-state index >= 15 is 0 Å². The molecule has 3 aromatic heterocycles. The summed E-state index contributed by atoms with van der Waals surface area (Å²) in [6.07, 6.45) is 3.61. The van der Waals surface area contributed by atoms with Gasteiger partial charge in [-0.3, -0.25) is 0 Å². The number of furan rings is 1. The lowest BCUT2D eigenvalue weighted by Crippen LogP contribution is -1.93. The Morgan fingerprint density at radius 1 is 1.16 bits per heavy atom. The molecule has 0 aliphatic rings. The molecule has 4 heteroatoms. The highest BCUT2D eigenvalue weighted by molar-refractivity contribution is 6.00. The lowest BCUT2D eigenvalue weighted by molar-refractivity contribution is 0.632. The van der Waals surface area contributed by atoms with Crippen LogP contribution in [0, 0.1) is 0 Å². The lowest BCUT2D eigenvalue weighted by Gasteiger charge is -2.02. The van der Waals surface area contributed by atoms with E-state index in [0.29, 0.717) is 5.82 Å². The number of nitrogen functional groups attached to an aromatic ring is 1. The highest BCUT2D eigenvalue weighted by atomic mass is 16.3. The van der Waals surface area contributed by atoms with Gasteiger partial charge in [0.25, 0.3) is 0 Å². The summed E-state index contributed by atoms with van der Waals surface area (Å²) in [6, 6.07) is 11.9. The normalized spacial score (nSPS) is 11.4. The maximum Gasteiger partial charge on any atom is 0.139 e. The molecule has 3 heterocycles. The Bertz CT molecular complexity index is 856. The minimum atomic E-state index is 0.478. The molecule has 0 amide bonds. The van der Waals surface area contributed by atoms with Gasteiger partial charge in [0.15, 0.2) is 0 Å². The van der Waals surface area contributed by atoms with Gasteiger partial charge in [0.05, 0.1) is 17.3 Å². The number of anilines is 1. The Morgan fingerprint density at radius 2 is 2.05 bits per heavy atom. The van der Waals surface area contributed by atoms with Gasteiger partial charge < -0.3 is 15.1 Å². The molecule has 0 unspecified atom stereocenters. The molecule has 3 N–H and O–H groups in total. The van der Waals surface area contributed by atoms with Gasteiger partial charge in [-0.2, -0.15) is 0 Å². The Balaban J connectivity index is 2.08. The van der Waals surface area contributed by atoms with Crippen LogP contribution in [0.5, 0.6) is 0 Å². The van der Waals surface area contributed by atoms with E-state index in [1.165, 1.54) is 0 Å². The first-order chi connectivity index (χ1) is 9.33. The number of aromatic amines is 1. The van der Waals surface area contributed by atoms with Crippen LogP contribution in [0.25, 0.3) is 33.2 Å². The number of rotatable bonds is 1. The van der Waals surface area contributed by atoms with Crippen molar-refractivity contribution >= 4 is 27.7 Å². The predicted molar refractivity (Wildman–Crippen MR) is 75.7 cm³/mol. The number of hydrogen-bond acceptors (Lipinski definition) is 3. The van der Waals surface area contributed by atoms with Crippen molar-refractivity contribution in [2.45, 2.75) is 0 Å². The van der Waals surface area contributed by atoms with Crippen molar-refractivity contribution in [1.29, 1.82) is 0 Å². The van der Waals surface area contributed by atoms with E-state index in [1.807, 2.05) is 42.6 Å². The molecule has 0 radical (unpaired) electrons. The van der Waals surface area contributed by atoms with Gasteiger partial charge in [-0.05, 0) is 18.2 Å². The fourth-order valence-electron chi connectivity index (χ4n) is 2.41. The van der Waals surface area contributed by atoms with Crippen LogP contribution < -0.4 is 5.73 Å². The molecule has 92 valence electrons. The zero-order valence-electron chi connectivity index (χ0n) is 10.1. The molecule has 0 aliphatic heterocycles. The standard InChI is InChI=1S/C15H11N3O/c16-15-14(10-5-6-17-11(10)8-18-15)13-7-9-3-1-2-4-12(9)19-13/h1-8,17H,(H2,16,18). The van der Waals surface area contributed by atoms with Gasteiger partial charge in [-0.1, -0.05) is 18.2 Å². The summed E-state index contributed by atoms with van der Waals surface area (Å²) in [5, 5.41) is 2.08. The van der Waals surface area contributed by atoms with Gasteiger partial charge in [0, 0.05) is 17.0 Å². The number of nitrogens with two attached hydrogens (primary N) is 1. The van der Waals surface area contributed by atoms with Gasteiger partial charge >= 0.3 is 0 Å². The van der Waals surface area contributed by atoms with Gasteiger partial charge in [0.1, 0.15) is 17.2 Å². The number of nitrogens with zero attached hydrogens (tertiary/aromatic N) is 1. The molecule has 0 atom stereocenters. The first-order valence-electron chi connectivity index (χ1n) is 6.03. The largest absolute Gasteiger partial charge is 0.456 e. The average Bonchev–Trinajstić information content (AvgIpc) is 3.03. The first kappa shape index (κ1) is 10.2. The van der Waals surface area contributed by atoms with E-state index < -0.39 is 0 Å². The molecule has 1 aromatic carbocycles. The third kappa shape index (κ3) is 1.43. The second kappa shape index (κ2) is 3.62. The van der Waals surface area contributed by atoms with Gasteiger partial charge in [-0.15, -0.1) is 0 Å². The van der Waals surface area contributed by atoms with E-state index in [-0.39, 0.29) is 0 Å². The number of para-hydroxylation sites is 1. The molecule has 0 bridgehead atoms. The van der Waals surface area contributed by atoms with Crippen molar-refractivity contribution in [3.8, 4) is 11.3 Å². The fraction of sp³-hybridized carbons (Fsp3) is 0. The first-order valence-corrected chi connectivity index (χ1v) is 6.03. The summed E-state index contributed by atoms with van der Waals surface area (Å²) in [5.41, 5.74) is 8.66. The van der Waals surface area contributed by atoms with E-state index in [9.17, 15) is 0 Å². The summed E-state index contributed by atoms with van der Waals surface area (Å²) >= 11 is 0. The maximum absolute atomic E-state index is 6.01. The van der Waals surface area contributed by atoms with Crippen LogP contribution in [0.2, 0.25) is 0 Å². The number of nitrogens with one attached hydrogen (secondary N) is 1. The summed E-state index contributed by atoms with van der Waals surface area (Å²) in [5.74, 6) is 1.22. The Kier molecular flexibility index (Phi) is 1.94. The molecule has 0 aliphatic carbocycles. The monoisotopic (exact) mass is 249 g/mol. The molecule has 4 nitrogen and oxygen atoms in total. The minimum absolute atomic E-state index is 0.478. The molecule has 4 aromatic rings. The van der Waals surface area contributed by atoms with Crippen LogP contribution in [0.4, 0.5) is 5.82 Å². The number of aromatic nitrogens is 2. The van der Waals surface area contributed by atoms with E-state index in [1.54, 1.807) is 6.20 Å². The third-order valence-corrected chi connectivity index (χ3v) is 3.31. The summed E-state index contributed by atoms with van der Waals surface area (Å²) < 4.78 is 5.88. The Morgan fingerprint density at radius 3 is 2.95 bits per heavy atom.